The summed E-state index contributed by atoms with van der Waals surface area (Å²) in [6.45, 7) is 6.98. The van der Waals surface area contributed by atoms with Crippen molar-refractivity contribution in [3.05, 3.63) is 29.3 Å². The number of esters is 1. The number of nitrogens with one attached hydrogen (secondary N) is 1. The van der Waals surface area contributed by atoms with Crippen molar-refractivity contribution in [3.8, 4) is 0 Å². The molecule has 1 aliphatic carbocycles. The molecule has 1 saturated carbocycles. The third-order valence-corrected chi connectivity index (χ3v) is 6.14. The second kappa shape index (κ2) is 8.98. The molecular formula is C23H30N2O5. The summed E-state index contributed by atoms with van der Waals surface area (Å²) >= 11 is 0. The topological polar surface area (TPSA) is 92.8 Å². The lowest BCUT2D eigenvalue weighted by Crippen LogP contribution is -2.45. The van der Waals surface area contributed by atoms with Crippen molar-refractivity contribution in [3.63, 3.8) is 0 Å². The summed E-state index contributed by atoms with van der Waals surface area (Å²) < 4.78 is 5.14. The molecule has 2 aliphatic rings. The molecule has 0 radical (unpaired) electrons. The van der Waals surface area contributed by atoms with Crippen molar-refractivity contribution in [2.75, 3.05) is 11.9 Å². The van der Waals surface area contributed by atoms with Crippen LogP contribution in [0.25, 0.3) is 0 Å². The van der Waals surface area contributed by atoms with E-state index in [1.807, 2.05) is 39.0 Å². The molecule has 0 spiro atoms. The van der Waals surface area contributed by atoms with Crippen molar-refractivity contribution >= 4 is 29.4 Å². The summed E-state index contributed by atoms with van der Waals surface area (Å²) in [5.41, 5.74) is 2.64. The number of likely N-dealkylation sites (tertiary alicyclic amines) is 1. The third kappa shape index (κ3) is 4.25. The zero-order valence-corrected chi connectivity index (χ0v) is 18.1. The molecule has 0 unspecified atom stereocenters. The SMILES string of the molecule is Cc1cccc(C(C)C)c1NC(=O)COC(=O)[C@H](C)N1C(=O)[C@H]2CCCC[C@H]2C1=O. The summed E-state index contributed by atoms with van der Waals surface area (Å²) in [5, 5.41) is 2.82. The van der Waals surface area contributed by atoms with Crippen LogP contribution in [0.2, 0.25) is 0 Å². The Kier molecular flexibility index (Phi) is 6.58. The predicted octanol–water partition coefficient (Wildman–Crippen LogP) is 3.16. The summed E-state index contributed by atoms with van der Waals surface area (Å²) in [7, 11) is 0. The van der Waals surface area contributed by atoms with Crippen molar-refractivity contribution in [1.82, 2.24) is 4.90 Å². The minimum Gasteiger partial charge on any atom is -0.454 e. The van der Waals surface area contributed by atoms with E-state index < -0.39 is 24.5 Å². The van der Waals surface area contributed by atoms with E-state index in [-0.39, 0.29) is 29.6 Å². The first kappa shape index (κ1) is 22.0. The van der Waals surface area contributed by atoms with E-state index in [0.29, 0.717) is 12.8 Å². The normalized spacial score (nSPS) is 22.1. The molecule has 7 nitrogen and oxygen atoms in total. The number of rotatable bonds is 6. The van der Waals surface area contributed by atoms with E-state index in [0.717, 1.165) is 34.6 Å². The number of para-hydroxylation sites is 1. The van der Waals surface area contributed by atoms with Gasteiger partial charge in [-0.05, 0) is 43.7 Å². The number of hydrogen-bond acceptors (Lipinski definition) is 5. The maximum atomic E-state index is 12.6. The van der Waals surface area contributed by atoms with Crippen molar-refractivity contribution < 1.29 is 23.9 Å². The van der Waals surface area contributed by atoms with Gasteiger partial charge in [0.25, 0.3) is 5.91 Å². The minimum absolute atomic E-state index is 0.221. The van der Waals surface area contributed by atoms with Gasteiger partial charge in [-0.1, -0.05) is 44.9 Å². The maximum Gasteiger partial charge on any atom is 0.329 e. The molecule has 30 heavy (non-hydrogen) atoms. The van der Waals surface area contributed by atoms with Crippen LogP contribution < -0.4 is 5.32 Å². The molecule has 1 aromatic rings. The highest BCUT2D eigenvalue weighted by Gasteiger charge is 2.51. The molecule has 7 heteroatoms. The number of carbonyl (C=O) groups is 4. The fourth-order valence-corrected chi connectivity index (χ4v) is 4.45. The van der Waals surface area contributed by atoms with Crippen LogP contribution in [0, 0.1) is 18.8 Å². The Morgan fingerprint density at radius 1 is 1.10 bits per heavy atom. The number of imide groups is 1. The number of benzene rings is 1. The van der Waals surface area contributed by atoms with Gasteiger partial charge in [0.1, 0.15) is 6.04 Å². The van der Waals surface area contributed by atoms with Gasteiger partial charge in [-0.3, -0.25) is 19.3 Å². The average Bonchev–Trinajstić information content (AvgIpc) is 2.97. The number of fused-ring (bicyclic) bond motifs is 1. The molecule has 0 bridgehead atoms. The van der Waals surface area contributed by atoms with Gasteiger partial charge in [-0.25, -0.2) is 4.79 Å². The molecule has 0 aromatic heterocycles. The summed E-state index contributed by atoms with van der Waals surface area (Å²) in [5.74, 6) is -2.21. The third-order valence-electron chi connectivity index (χ3n) is 6.14. The van der Waals surface area contributed by atoms with Gasteiger partial charge in [-0.15, -0.1) is 0 Å². The molecular weight excluding hydrogens is 384 g/mol. The average molecular weight is 415 g/mol. The molecule has 2 fully saturated rings. The van der Waals surface area contributed by atoms with Gasteiger partial charge in [0, 0.05) is 5.69 Å². The van der Waals surface area contributed by atoms with Crippen LogP contribution in [0.5, 0.6) is 0 Å². The summed E-state index contributed by atoms with van der Waals surface area (Å²) in [6.07, 6.45) is 3.21. The number of amides is 3. The van der Waals surface area contributed by atoms with E-state index in [1.165, 1.54) is 6.92 Å². The van der Waals surface area contributed by atoms with Crippen LogP contribution in [-0.2, 0) is 23.9 Å². The van der Waals surface area contributed by atoms with Gasteiger partial charge in [0.2, 0.25) is 11.8 Å². The number of carbonyl (C=O) groups excluding carboxylic acids is 4. The van der Waals surface area contributed by atoms with E-state index >= 15 is 0 Å². The van der Waals surface area contributed by atoms with Crippen molar-refractivity contribution in [1.29, 1.82) is 0 Å². The number of ether oxygens (including phenoxy) is 1. The van der Waals surface area contributed by atoms with Crippen LogP contribution in [0.15, 0.2) is 18.2 Å². The van der Waals surface area contributed by atoms with Crippen LogP contribution in [0.1, 0.15) is 63.5 Å². The smallest absolute Gasteiger partial charge is 0.329 e. The van der Waals surface area contributed by atoms with Crippen LogP contribution >= 0.6 is 0 Å². The number of anilines is 1. The van der Waals surface area contributed by atoms with E-state index in [4.69, 9.17) is 4.74 Å². The van der Waals surface area contributed by atoms with Gasteiger partial charge in [0.15, 0.2) is 6.61 Å². The highest BCUT2D eigenvalue weighted by Crippen LogP contribution is 2.39. The van der Waals surface area contributed by atoms with Crippen molar-refractivity contribution in [2.24, 2.45) is 11.8 Å². The molecule has 162 valence electrons. The van der Waals surface area contributed by atoms with Gasteiger partial charge in [-0.2, -0.15) is 0 Å². The van der Waals surface area contributed by atoms with Crippen LogP contribution in [0.4, 0.5) is 5.69 Å². The zero-order valence-electron chi connectivity index (χ0n) is 18.1. The highest BCUT2D eigenvalue weighted by atomic mass is 16.5. The first-order chi connectivity index (χ1) is 14.2. The quantitative estimate of drug-likeness (QED) is 0.570. The second-order valence-corrected chi connectivity index (χ2v) is 8.57. The van der Waals surface area contributed by atoms with Gasteiger partial charge >= 0.3 is 5.97 Å². The Morgan fingerprint density at radius 3 is 2.27 bits per heavy atom. The monoisotopic (exact) mass is 414 g/mol. The Bertz CT molecular complexity index is 839. The Balaban J connectivity index is 1.60. The molecule has 1 N–H and O–H groups in total. The Labute approximate surface area is 177 Å². The number of hydrogen-bond donors (Lipinski definition) is 1. The first-order valence-corrected chi connectivity index (χ1v) is 10.6. The fourth-order valence-electron chi connectivity index (χ4n) is 4.45. The predicted molar refractivity (Wildman–Crippen MR) is 112 cm³/mol. The Morgan fingerprint density at radius 2 is 1.70 bits per heavy atom. The molecule has 3 amide bonds. The Hall–Kier alpha value is -2.70. The lowest BCUT2D eigenvalue weighted by atomic mass is 9.81. The number of nitrogens with zero attached hydrogens (tertiary/aromatic N) is 1. The minimum atomic E-state index is -1.03. The van der Waals surface area contributed by atoms with E-state index in [2.05, 4.69) is 5.32 Å². The largest absolute Gasteiger partial charge is 0.454 e. The molecule has 1 aromatic carbocycles. The zero-order chi connectivity index (χ0) is 22.0. The second-order valence-electron chi connectivity index (χ2n) is 8.57. The molecule has 3 rings (SSSR count). The number of aryl methyl sites for hydroxylation is 1. The molecule has 1 heterocycles. The fraction of sp³-hybridized carbons (Fsp3) is 0.565. The lowest BCUT2D eigenvalue weighted by Gasteiger charge is -2.21. The summed E-state index contributed by atoms with van der Waals surface area (Å²) in [6, 6.07) is 4.75. The van der Waals surface area contributed by atoms with Gasteiger partial charge < -0.3 is 10.1 Å². The van der Waals surface area contributed by atoms with E-state index in [9.17, 15) is 19.2 Å². The molecule has 1 aliphatic heterocycles. The van der Waals surface area contributed by atoms with Crippen molar-refractivity contribution in [2.45, 2.75) is 65.3 Å². The standard InChI is InChI=1S/C23H30N2O5/c1-13(2)16-11-7-8-14(3)20(16)24-19(26)12-30-23(29)15(4)25-21(27)17-9-5-6-10-18(17)22(25)28/h7-8,11,13,15,17-18H,5-6,9-10,12H2,1-4H3,(H,24,26)/t15-,17-,18+/m0/s1. The maximum absolute atomic E-state index is 12.6. The van der Waals surface area contributed by atoms with Crippen LogP contribution in [-0.4, -0.2) is 41.2 Å². The van der Waals surface area contributed by atoms with Gasteiger partial charge in [0.05, 0.1) is 11.8 Å². The lowest BCUT2D eigenvalue weighted by molar-refractivity contribution is -0.159. The highest BCUT2D eigenvalue weighted by molar-refractivity contribution is 6.08. The first-order valence-electron chi connectivity index (χ1n) is 10.6. The molecule has 1 saturated heterocycles. The van der Waals surface area contributed by atoms with Crippen LogP contribution in [0.3, 0.4) is 0 Å². The van der Waals surface area contributed by atoms with E-state index in [1.54, 1.807) is 0 Å². The summed E-state index contributed by atoms with van der Waals surface area (Å²) in [4.78, 5) is 51.2. The molecule has 3 atom stereocenters.